The van der Waals surface area contributed by atoms with E-state index in [1.54, 1.807) is 6.92 Å². The van der Waals surface area contributed by atoms with Crippen molar-refractivity contribution in [2.75, 3.05) is 0 Å². The molecule has 0 aliphatic carbocycles. The summed E-state index contributed by atoms with van der Waals surface area (Å²) in [6, 6.07) is 0. The fourth-order valence-corrected chi connectivity index (χ4v) is 1.04. The average molecular weight is 267 g/mol. The first-order valence-electron chi connectivity index (χ1n) is 2.93. The predicted molar refractivity (Wildman–Crippen MR) is 45.3 cm³/mol. The molecule has 0 spiro atoms. The summed E-state index contributed by atoms with van der Waals surface area (Å²) in [5.41, 5.74) is 0.738. The lowest BCUT2D eigenvalue weighted by molar-refractivity contribution is -0.136. The van der Waals surface area contributed by atoms with Crippen molar-refractivity contribution in [2.24, 2.45) is 0 Å². The average Bonchev–Trinajstić information content (AvgIpc) is 2.18. The zero-order valence-electron chi connectivity index (χ0n) is 5.80. The van der Waals surface area contributed by atoms with Crippen molar-refractivity contribution in [2.45, 2.75) is 13.3 Å². The van der Waals surface area contributed by atoms with Gasteiger partial charge in [0, 0.05) is 0 Å². The van der Waals surface area contributed by atoms with Gasteiger partial charge < -0.3 is 9.63 Å². The van der Waals surface area contributed by atoms with E-state index in [2.05, 4.69) is 5.16 Å². The van der Waals surface area contributed by atoms with E-state index in [0.717, 1.165) is 9.26 Å². The van der Waals surface area contributed by atoms with Crippen LogP contribution in [0.25, 0.3) is 0 Å². The molecule has 0 aliphatic heterocycles. The molecule has 4 nitrogen and oxygen atoms in total. The maximum atomic E-state index is 10.2. The van der Waals surface area contributed by atoms with Gasteiger partial charge in [-0.25, -0.2) is 0 Å². The molecule has 0 aromatic carbocycles. The van der Waals surface area contributed by atoms with Gasteiger partial charge in [-0.3, -0.25) is 4.79 Å². The fraction of sp³-hybridized carbons (Fsp3) is 0.333. The van der Waals surface area contributed by atoms with Gasteiger partial charge >= 0.3 is 5.97 Å². The van der Waals surface area contributed by atoms with Crippen molar-refractivity contribution in [1.82, 2.24) is 5.16 Å². The first-order valence-corrected chi connectivity index (χ1v) is 4.01. The van der Waals surface area contributed by atoms with E-state index < -0.39 is 5.97 Å². The largest absolute Gasteiger partial charge is 0.481 e. The van der Waals surface area contributed by atoms with Crippen molar-refractivity contribution in [3.8, 4) is 0 Å². The monoisotopic (exact) mass is 267 g/mol. The number of carboxylic acid groups (broad SMARTS) is 1. The third-order valence-corrected chi connectivity index (χ3v) is 2.55. The molecular weight excluding hydrogens is 261 g/mol. The van der Waals surface area contributed by atoms with Gasteiger partial charge in [0.05, 0.1) is 9.26 Å². The molecule has 0 aliphatic rings. The second-order valence-corrected chi connectivity index (χ2v) is 3.15. The van der Waals surface area contributed by atoms with E-state index in [0.29, 0.717) is 5.76 Å². The van der Waals surface area contributed by atoms with Crippen LogP contribution in [0.15, 0.2) is 4.52 Å². The van der Waals surface area contributed by atoms with Crippen LogP contribution < -0.4 is 0 Å². The molecule has 0 amide bonds. The van der Waals surface area contributed by atoms with Gasteiger partial charge in [-0.05, 0) is 29.5 Å². The number of hydrogen-bond donors (Lipinski definition) is 1. The molecule has 1 aromatic heterocycles. The number of halogens is 1. The predicted octanol–water partition coefficient (Wildman–Crippen LogP) is 1.21. The number of aromatic nitrogens is 1. The van der Waals surface area contributed by atoms with Gasteiger partial charge in [-0.1, -0.05) is 5.16 Å². The molecule has 1 N–H and O–H groups in total. The Kier molecular flexibility index (Phi) is 2.48. The molecule has 60 valence electrons. The third kappa shape index (κ3) is 1.92. The summed E-state index contributed by atoms with van der Waals surface area (Å²) in [5.74, 6) is -0.477. The Morgan fingerprint density at radius 1 is 1.82 bits per heavy atom. The first kappa shape index (κ1) is 8.51. The number of aliphatic carboxylic acids is 1. The summed E-state index contributed by atoms with van der Waals surface area (Å²) in [5, 5.41) is 12.0. The Morgan fingerprint density at radius 2 is 2.45 bits per heavy atom. The Morgan fingerprint density at radius 3 is 2.82 bits per heavy atom. The maximum Gasteiger partial charge on any atom is 0.311 e. The zero-order valence-corrected chi connectivity index (χ0v) is 7.95. The number of carbonyl (C=O) groups is 1. The van der Waals surface area contributed by atoms with Gasteiger partial charge in [-0.2, -0.15) is 0 Å². The van der Waals surface area contributed by atoms with Crippen LogP contribution in [-0.4, -0.2) is 16.2 Å². The van der Waals surface area contributed by atoms with Crippen LogP contribution in [0.1, 0.15) is 11.5 Å². The minimum Gasteiger partial charge on any atom is -0.481 e. The van der Waals surface area contributed by atoms with Crippen LogP contribution in [-0.2, 0) is 11.2 Å². The van der Waals surface area contributed by atoms with Crippen molar-refractivity contribution >= 4 is 28.6 Å². The highest BCUT2D eigenvalue weighted by Crippen LogP contribution is 2.15. The summed E-state index contributed by atoms with van der Waals surface area (Å²) in [4.78, 5) is 10.2. The highest BCUT2D eigenvalue weighted by Gasteiger charge is 2.12. The van der Waals surface area contributed by atoms with E-state index in [4.69, 9.17) is 9.63 Å². The van der Waals surface area contributed by atoms with Crippen LogP contribution in [0.4, 0.5) is 0 Å². The lowest BCUT2D eigenvalue weighted by Crippen LogP contribution is -1.99. The molecule has 0 radical (unpaired) electrons. The van der Waals surface area contributed by atoms with Crippen molar-refractivity contribution in [3.63, 3.8) is 0 Å². The van der Waals surface area contributed by atoms with Gasteiger partial charge in [0.2, 0.25) is 0 Å². The normalized spacial score (nSPS) is 10.0. The van der Waals surface area contributed by atoms with Gasteiger partial charge in [0.25, 0.3) is 0 Å². The Balaban J connectivity index is 2.87. The summed E-state index contributed by atoms with van der Waals surface area (Å²) in [6.45, 7) is 1.77. The number of carboxylic acids is 1. The van der Waals surface area contributed by atoms with E-state index in [1.165, 1.54) is 0 Å². The Bertz CT molecular complexity index is 281. The topological polar surface area (TPSA) is 63.3 Å². The zero-order chi connectivity index (χ0) is 8.43. The first-order chi connectivity index (χ1) is 5.11. The quantitative estimate of drug-likeness (QED) is 0.818. The Labute approximate surface area is 76.7 Å². The standard InChI is InChI=1S/C6H6INO3/c1-3-6(7)4(11-8-3)2-5(9)10/h2H2,1H3,(H,9,10). The van der Waals surface area contributed by atoms with Crippen LogP contribution in [0.5, 0.6) is 0 Å². The second-order valence-electron chi connectivity index (χ2n) is 2.08. The summed E-state index contributed by atoms with van der Waals surface area (Å²) in [6.07, 6.45) is -0.0981. The lowest BCUT2D eigenvalue weighted by atomic mass is 10.3. The molecular formula is C6H6INO3. The smallest absolute Gasteiger partial charge is 0.311 e. The SMILES string of the molecule is Cc1noc(CC(=O)O)c1I. The van der Waals surface area contributed by atoms with E-state index in [9.17, 15) is 4.79 Å². The minimum atomic E-state index is -0.904. The maximum absolute atomic E-state index is 10.2. The second kappa shape index (κ2) is 3.21. The molecule has 0 unspecified atom stereocenters. The fourth-order valence-electron chi connectivity index (χ4n) is 0.653. The van der Waals surface area contributed by atoms with Crippen LogP contribution >= 0.6 is 22.6 Å². The van der Waals surface area contributed by atoms with Crippen molar-refractivity contribution in [1.29, 1.82) is 0 Å². The van der Waals surface area contributed by atoms with E-state index >= 15 is 0 Å². The molecule has 1 aromatic rings. The van der Waals surface area contributed by atoms with Crippen molar-refractivity contribution < 1.29 is 14.4 Å². The third-order valence-electron chi connectivity index (χ3n) is 1.17. The molecule has 5 heteroatoms. The van der Waals surface area contributed by atoms with Gasteiger partial charge in [-0.15, -0.1) is 0 Å². The van der Waals surface area contributed by atoms with Crippen molar-refractivity contribution in [3.05, 3.63) is 15.0 Å². The number of nitrogens with zero attached hydrogens (tertiary/aromatic N) is 1. The summed E-state index contributed by atoms with van der Waals surface area (Å²) >= 11 is 2.01. The van der Waals surface area contributed by atoms with E-state index in [1.807, 2.05) is 22.6 Å². The molecule has 0 atom stereocenters. The minimum absolute atomic E-state index is 0.0981. The number of rotatable bonds is 2. The molecule has 0 saturated carbocycles. The van der Waals surface area contributed by atoms with Crippen LogP contribution in [0.2, 0.25) is 0 Å². The van der Waals surface area contributed by atoms with Crippen LogP contribution in [0.3, 0.4) is 0 Å². The molecule has 0 fully saturated rings. The molecule has 0 saturated heterocycles. The van der Waals surface area contributed by atoms with Gasteiger partial charge in [0.15, 0.2) is 5.76 Å². The number of hydrogen-bond acceptors (Lipinski definition) is 3. The highest BCUT2D eigenvalue weighted by molar-refractivity contribution is 14.1. The highest BCUT2D eigenvalue weighted by atomic mass is 127. The summed E-state index contributed by atoms with van der Waals surface area (Å²) in [7, 11) is 0. The molecule has 1 rings (SSSR count). The van der Waals surface area contributed by atoms with Crippen LogP contribution in [0, 0.1) is 10.5 Å². The molecule has 1 heterocycles. The Hall–Kier alpha value is -0.590. The lowest BCUT2D eigenvalue weighted by Gasteiger charge is -1.87. The molecule has 0 bridgehead atoms. The summed E-state index contributed by atoms with van der Waals surface area (Å²) < 4.78 is 5.56. The number of aryl methyl sites for hydroxylation is 1. The van der Waals surface area contributed by atoms with E-state index in [-0.39, 0.29) is 6.42 Å². The molecule has 11 heavy (non-hydrogen) atoms. The van der Waals surface area contributed by atoms with Gasteiger partial charge in [0.1, 0.15) is 6.42 Å².